The largest absolute Gasteiger partial charge is 0.369 e. The van der Waals surface area contributed by atoms with Crippen molar-refractivity contribution >= 4 is 16.7 Å². The molecule has 2 N–H and O–H groups in total. The summed E-state index contributed by atoms with van der Waals surface area (Å²) in [6.07, 6.45) is 7.16. The average Bonchev–Trinajstić information content (AvgIpc) is 2.75. The number of anilines is 1. The molecule has 2 heterocycles. The Morgan fingerprint density at radius 2 is 2.06 bits per heavy atom. The number of benzene rings is 1. The van der Waals surface area contributed by atoms with E-state index in [1.807, 2.05) is 41.2 Å². The number of hydrogen-bond donors (Lipinski definition) is 1. The molecule has 4 heteroatoms. The van der Waals surface area contributed by atoms with Crippen LogP contribution in [0.4, 0.5) is 5.95 Å². The van der Waals surface area contributed by atoms with Crippen LogP contribution in [0.2, 0.25) is 0 Å². The van der Waals surface area contributed by atoms with E-state index >= 15 is 0 Å². The second-order valence-corrected chi connectivity index (χ2v) is 3.53. The molecule has 0 aliphatic heterocycles. The summed E-state index contributed by atoms with van der Waals surface area (Å²) in [4.78, 5) is 8.13. The lowest BCUT2D eigenvalue weighted by Gasteiger charge is -2.08. The monoisotopic (exact) mass is 210 g/mol. The molecule has 0 amide bonds. The zero-order valence-electron chi connectivity index (χ0n) is 8.54. The first kappa shape index (κ1) is 8.91. The van der Waals surface area contributed by atoms with E-state index in [0.29, 0.717) is 5.95 Å². The fourth-order valence-electron chi connectivity index (χ4n) is 1.83. The maximum atomic E-state index is 5.80. The lowest BCUT2D eigenvalue weighted by atomic mass is 10.1. The van der Waals surface area contributed by atoms with Gasteiger partial charge in [0.1, 0.15) is 0 Å². The van der Waals surface area contributed by atoms with E-state index in [-0.39, 0.29) is 0 Å². The van der Waals surface area contributed by atoms with Gasteiger partial charge in [-0.1, -0.05) is 12.1 Å². The number of hydrogen-bond acceptors (Lipinski definition) is 3. The molecule has 0 atom stereocenters. The van der Waals surface area contributed by atoms with E-state index < -0.39 is 0 Å². The fourth-order valence-corrected chi connectivity index (χ4v) is 1.83. The Morgan fingerprint density at radius 1 is 1.12 bits per heavy atom. The van der Waals surface area contributed by atoms with E-state index in [0.717, 1.165) is 16.5 Å². The van der Waals surface area contributed by atoms with E-state index in [9.17, 15) is 0 Å². The molecule has 3 rings (SSSR count). The van der Waals surface area contributed by atoms with Gasteiger partial charge >= 0.3 is 0 Å². The number of nitrogens with zero attached hydrogens (tertiary/aromatic N) is 3. The molecular formula is C12H10N4. The number of rotatable bonds is 1. The zero-order chi connectivity index (χ0) is 11.0. The van der Waals surface area contributed by atoms with E-state index in [4.69, 9.17) is 5.73 Å². The third-order valence-corrected chi connectivity index (χ3v) is 2.59. The predicted molar refractivity (Wildman–Crippen MR) is 63.3 cm³/mol. The maximum absolute atomic E-state index is 5.80. The number of imidazole rings is 1. The first-order chi connectivity index (χ1) is 7.86. The van der Waals surface area contributed by atoms with Gasteiger partial charge in [-0.15, -0.1) is 0 Å². The van der Waals surface area contributed by atoms with Gasteiger partial charge in [0.05, 0.1) is 5.69 Å². The molecule has 4 nitrogen and oxygen atoms in total. The lowest BCUT2D eigenvalue weighted by molar-refractivity contribution is 1.09. The second-order valence-electron chi connectivity index (χ2n) is 3.53. The Labute approximate surface area is 92.4 Å². The standard InChI is InChI=1S/C12H10N4/c13-12-15-6-7-16(12)11-3-1-2-9-8-14-5-4-10(9)11/h1-8H,(H2,13,15). The first-order valence-electron chi connectivity index (χ1n) is 4.98. The summed E-state index contributed by atoms with van der Waals surface area (Å²) in [6, 6.07) is 8.00. The lowest BCUT2D eigenvalue weighted by Crippen LogP contribution is -2.00. The molecule has 0 radical (unpaired) electrons. The molecule has 16 heavy (non-hydrogen) atoms. The summed E-state index contributed by atoms with van der Waals surface area (Å²) in [5.41, 5.74) is 6.82. The van der Waals surface area contributed by atoms with Crippen molar-refractivity contribution in [3.8, 4) is 5.69 Å². The van der Waals surface area contributed by atoms with Gasteiger partial charge < -0.3 is 5.73 Å². The minimum absolute atomic E-state index is 0.490. The molecule has 0 bridgehead atoms. The van der Waals surface area contributed by atoms with Crippen molar-refractivity contribution in [2.24, 2.45) is 0 Å². The third-order valence-electron chi connectivity index (χ3n) is 2.59. The Morgan fingerprint density at radius 3 is 2.88 bits per heavy atom. The van der Waals surface area contributed by atoms with Gasteiger partial charge in [-0.3, -0.25) is 9.55 Å². The van der Waals surface area contributed by atoms with Crippen LogP contribution in [0.15, 0.2) is 49.1 Å². The summed E-state index contributed by atoms with van der Waals surface area (Å²) in [7, 11) is 0. The number of nitrogen functional groups attached to an aromatic ring is 1. The highest BCUT2D eigenvalue weighted by Gasteiger charge is 2.04. The molecule has 1 aromatic carbocycles. The molecular weight excluding hydrogens is 200 g/mol. The normalized spacial score (nSPS) is 10.8. The topological polar surface area (TPSA) is 56.7 Å². The van der Waals surface area contributed by atoms with E-state index in [1.165, 1.54) is 0 Å². The van der Waals surface area contributed by atoms with Crippen LogP contribution in [0.3, 0.4) is 0 Å². The van der Waals surface area contributed by atoms with Gasteiger partial charge in [0.2, 0.25) is 5.95 Å². The van der Waals surface area contributed by atoms with Gasteiger partial charge in [0, 0.05) is 35.6 Å². The maximum Gasteiger partial charge on any atom is 0.204 e. The van der Waals surface area contributed by atoms with Crippen LogP contribution in [0.1, 0.15) is 0 Å². The summed E-state index contributed by atoms with van der Waals surface area (Å²) in [5.74, 6) is 0.490. The summed E-state index contributed by atoms with van der Waals surface area (Å²) in [5, 5.41) is 2.20. The molecule has 0 saturated heterocycles. The fraction of sp³-hybridized carbons (Fsp3) is 0. The number of fused-ring (bicyclic) bond motifs is 1. The zero-order valence-corrected chi connectivity index (χ0v) is 8.54. The Hall–Kier alpha value is -2.36. The van der Waals surface area contributed by atoms with Crippen LogP contribution in [0.5, 0.6) is 0 Å². The number of aromatic nitrogens is 3. The van der Waals surface area contributed by atoms with Gasteiger partial charge in [-0.25, -0.2) is 4.98 Å². The van der Waals surface area contributed by atoms with Gasteiger partial charge in [0.25, 0.3) is 0 Å². The molecule has 0 fully saturated rings. The molecule has 78 valence electrons. The van der Waals surface area contributed by atoms with Crippen LogP contribution >= 0.6 is 0 Å². The summed E-state index contributed by atoms with van der Waals surface area (Å²) in [6.45, 7) is 0. The smallest absolute Gasteiger partial charge is 0.204 e. The highest BCUT2D eigenvalue weighted by Crippen LogP contribution is 2.22. The van der Waals surface area contributed by atoms with Crippen LogP contribution in [0.25, 0.3) is 16.5 Å². The van der Waals surface area contributed by atoms with Crippen LogP contribution in [0, 0.1) is 0 Å². The third kappa shape index (κ3) is 1.24. The van der Waals surface area contributed by atoms with E-state index in [1.54, 1.807) is 12.4 Å². The summed E-state index contributed by atoms with van der Waals surface area (Å²) < 4.78 is 1.86. The Balaban J connectivity index is 2.36. The quantitative estimate of drug-likeness (QED) is 0.668. The van der Waals surface area contributed by atoms with Crippen molar-refractivity contribution in [3.05, 3.63) is 49.1 Å². The SMILES string of the molecule is Nc1nccn1-c1cccc2cnccc12. The molecule has 2 aromatic heterocycles. The van der Waals surface area contributed by atoms with Gasteiger partial charge in [-0.05, 0) is 12.1 Å². The minimum atomic E-state index is 0.490. The average molecular weight is 210 g/mol. The van der Waals surface area contributed by atoms with Gasteiger partial charge in [0.15, 0.2) is 0 Å². The van der Waals surface area contributed by atoms with E-state index in [2.05, 4.69) is 9.97 Å². The second kappa shape index (κ2) is 3.34. The summed E-state index contributed by atoms with van der Waals surface area (Å²) >= 11 is 0. The molecule has 0 aliphatic carbocycles. The first-order valence-corrected chi connectivity index (χ1v) is 4.98. The minimum Gasteiger partial charge on any atom is -0.369 e. The van der Waals surface area contributed by atoms with Crippen molar-refractivity contribution < 1.29 is 0 Å². The van der Waals surface area contributed by atoms with Crippen LogP contribution in [-0.2, 0) is 0 Å². The Kier molecular flexibility index (Phi) is 1.86. The molecule has 0 unspecified atom stereocenters. The molecule has 3 aromatic rings. The molecule has 0 aliphatic rings. The van der Waals surface area contributed by atoms with Crippen molar-refractivity contribution in [3.63, 3.8) is 0 Å². The number of nitrogens with two attached hydrogens (primary N) is 1. The number of pyridine rings is 1. The highest BCUT2D eigenvalue weighted by molar-refractivity contribution is 5.89. The highest BCUT2D eigenvalue weighted by atomic mass is 15.1. The van der Waals surface area contributed by atoms with Crippen molar-refractivity contribution in [1.29, 1.82) is 0 Å². The van der Waals surface area contributed by atoms with Gasteiger partial charge in [-0.2, -0.15) is 0 Å². The van der Waals surface area contributed by atoms with Crippen LogP contribution in [-0.4, -0.2) is 14.5 Å². The van der Waals surface area contributed by atoms with Crippen molar-refractivity contribution in [2.45, 2.75) is 0 Å². The van der Waals surface area contributed by atoms with Crippen molar-refractivity contribution in [2.75, 3.05) is 5.73 Å². The van der Waals surface area contributed by atoms with Crippen molar-refractivity contribution in [1.82, 2.24) is 14.5 Å². The molecule has 0 saturated carbocycles. The predicted octanol–water partition coefficient (Wildman–Crippen LogP) is 2.00. The van der Waals surface area contributed by atoms with Crippen LogP contribution < -0.4 is 5.73 Å². The molecule has 0 spiro atoms. The Bertz CT molecular complexity index is 637.